The van der Waals surface area contributed by atoms with Crippen molar-refractivity contribution in [3.8, 4) is 0 Å². The molecule has 2 nitrogen and oxygen atoms in total. The first-order chi connectivity index (χ1) is 12.6. The van der Waals surface area contributed by atoms with Gasteiger partial charge in [0.25, 0.3) is 0 Å². The highest BCUT2D eigenvalue weighted by molar-refractivity contribution is 6.30. The van der Waals surface area contributed by atoms with E-state index >= 15 is 0 Å². The molecule has 2 aliphatic carbocycles. The van der Waals surface area contributed by atoms with Crippen LogP contribution in [0.15, 0.2) is 59.9 Å². The van der Waals surface area contributed by atoms with Crippen LogP contribution in [-0.4, -0.2) is 5.78 Å². The molecule has 1 aliphatic heterocycles. The Hall–Kier alpha value is -1.77. The van der Waals surface area contributed by atoms with Gasteiger partial charge < -0.3 is 4.74 Å². The fourth-order valence-corrected chi connectivity index (χ4v) is 5.09. The Kier molecular flexibility index (Phi) is 3.54. The number of ether oxygens (including phenoxy) is 1. The molecule has 1 fully saturated rings. The lowest BCUT2D eigenvalue weighted by molar-refractivity contribution is -0.116. The molecular formula is C22H18Cl2O2. The van der Waals surface area contributed by atoms with Gasteiger partial charge in [-0.1, -0.05) is 47.5 Å². The highest BCUT2D eigenvalue weighted by atomic mass is 35.5. The zero-order valence-electron chi connectivity index (χ0n) is 14.2. The van der Waals surface area contributed by atoms with Crippen LogP contribution in [0.3, 0.4) is 0 Å². The highest BCUT2D eigenvalue weighted by Gasteiger charge is 2.70. The minimum Gasteiger partial charge on any atom is -0.481 e. The Bertz CT molecular complexity index is 876. The van der Waals surface area contributed by atoms with Gasteiger partial charge >= 0.3 is 0 Å². The van der Waals surface area contributed by atoms with Crippen LogP contribution in [0.2, 0.25) is 10.0 Å². The summed E-state index contributed by atoms with van der Waals surface area (Å²) in [6, 6.07) is 15.7. The van der Waals surface area contributed by atoms with Gasteiger partial charge in [-0.25, -0.2) is 0 Å². The third kappa shape index (κ3) is 2.09. The van der Waals surface area contributed by atoms with E-state index in [1.54, 1.807) is 0 Å². The van der Waals surface area contributed by atoms with Crippen LogP contribution in [0.25, 0.3) is 0 Å². The van der Waals surface area contributed by atoms with Gasteiger partial charge in [-0.05, 0) is 43.5 Å². The Morgan fingerprint density at radius 2 is 1.35 bits per heavy atom. The number of hydrogen-bond donors (Lipinski definition) is 0. The van der Waals surface area contributed by atoms with E-state index in [-0.39, 0.29) is 11.2 Å². The van der Waals surface area contributed by atoms with Crippen LogP contribution in [0.1, 0.15) is 43.2 Å². The van der Waals surface area contributed by atoms with Crippen molar-refractivity contribution in [3.05, 3.63) is 81.0 Å². The van der Waals surface area contributed by atoms with E-state index in [1.165, 1.54) is 0 Å². The number of hydrogen-bond acceptors (Lipinski definition) is 2. The van der Waals surface area contributed by atoms with Gasteiger partial charge in [0.1, 0.15) is 5.76 Å². The third-order valence-electron chi connectivity index (χ3n) is 6.05. The van der Waals surface area contributed by atoms with E-state index in [2.05, 4.69) is 0 Å². The van der Waals surface area contributed by atoms with Crippen molar-refractivity contribution in [1.29, 1.82) is 0 Å². The smallest absolute Gasteiger partial charge is 0.168 e. The summed E-state index contributed by atoms with van der Waals surface area (Å²) in [6.07, 6.45) is 4.25. The molecule has 4 heteroatoms. The fraction of sp³-hybridized carbons (Fsp3) is 0.318. The predicted octanol–water partition coefficient (Wildman–Crippen LogP) is 6.05. The number of ketones is 1. The van der Waals surface area contributed by atoms with Gasteiger partial charge in [-0.15, -0.1) is 0 Å². The van der Waals surface area contributed by atoms with Gasteiger partial charge in [0, 0.05) is 39.6 Å². The van der Waals surface area contributed by atoms with Gasteiger partial charge in [0.2, 0.25) is 0 Å². The number of benzene rings is 2. The van der Waals surface area contributed by atoms with Crippen LogP contribution in [-0.2, 0) is 15.1 Å². The minimum atomic E-state index is -0.674. The second-order valence-electron chi connectivity index (χ2n) is 7.45. The first-order valence-corrected chi connectivity index (χ1v) is 9.80. The van der Waals surface area contributed by atoms with Gasteiger partial charge in [0.05, 0.1) is 5.41 Å². The molecule has 0 amide bonds. The van der Waals surface area contributed by atoms with Crippen LogP contribution >= 0.6 is 23.2 Å². The monoisotopic (exact) mass is 384 g/mol. The summed E-state index contributed by atoms with van der Waals surface area (Å²) < 4.78 is 6.73. The summed E-state index contributed by atoms with van der Waals surface area (Å²) in [6.45, 7) is 0. The molecule has 0 unspecified atom stereocenters. The molecular weight excluding hydrogens is 367 g/mol. The van der Waals surface area contributed by atoms with Crippen molar-refractivity contribution >= 4 is 29.0 Å². The first-order valence-electron chi connectivity index (χ1n) is 9.05. The maximum Gasteiger partial charge on any atom is 0.168 e. The quantitative estimate of drug-likeness (QED) is 0.629. The molecule has 3 aliphatic rings. The summed E-state index contributed by atoms with van der Waals surface area (Å²) in [5.74, 6) is 1.15. The highest BCUT2D eigenvalue weighted by Crippen LogP contribution is 2.72. The van der Waals surface area contributed by atoms with Crippen molar-refractivity contribution in [1.82, 2.24) is 0 Å². The van der Waals surface area contributed by atoms with Crippen molar-refractivity contribution < 1.29 is 9.53 Å². The number of carbonyl (C=O) groups excluding carboxylic acids is 1. The maximum absolute atomic E-state index is 12.8. The summed E-state index contributed by atoms with van der Waals surface area (Å²) in [5, 5.41) is 1.38. The lowest BCUT2D eigenvalue weighted by atomic mass is 9.69. The van der Waals surface area contributed by atoms with E-state index in [0.29, 0.717) is 16.5 Å². The summed E-state index contributed by atoms with van der Waals surface area (Å²) in [7, 11) is 0. The SMILES string of the molecule is O=C1CCCC2=C1C1(CC1)C(c1ccc(Cl)cc1)(c1ccc(Cl)cc1)O2. The predicted molar refractivity (Wildman–Crippen MR) is 102 cm³/mol. The zero-order valence-corrected chi connectivity index (χ0v) is 15.7. The Morgan fingerprint density at radius 3 is 1.85 bits per heavy atom. The second kappa shape index (κ2) is 5.61. The van der Waals surface area contributed by atoms with Gasteiger partial charge in [-0.2, -0.15) is 0 Å². The van der Waals surface area contributed by atoms with Crippen LogP contribution in [0, 0.1) is 5.41 Å². The number of rotatable bonds is 2. The lowest BCUT2D eigenvalue weighted by Gasteiger charge is -2.37. The summed E-state index contributed by atoms with van der Waals surface area (Å²) in [4.78, 5) is 12.8. The molecule has 0 radical (unpaired) electrons. The fourth-order valence-electron chi connectivity index (χ4n) is 4.84. The molecule has 26 heavy (non-hydrogen) atoms. The van der Waals surface area contributed by atoms with E-state index in [4.69, 9.17) is 27.9 Å². The number of fused-ring (bicyclic) bond motifs is 1. The third-order valence-corrected chi connectivity index (χ3v) is 6.55. The van der Waals surface area contributed by atoms with E-state index < -0.39 is 5.60 Å². The Labute approximate surface area is 162 Å². The molecule has 2 aromatic carbocycles. The molecule has 1 spiro atoms. The molecule has 0 N–H and O–H groups in total. The van der Waals surface area contributed by atoms with Gasteiger partial charge in [0.15, 0.2) is 11.4 Å². The van der Waals surface area contributed by atoms with Crippen LogP contribution in [0.5, 0.6) is 0 Å². The molecule has 0 aromatic heterocycles. The largest absolute Gasteiger partial charge is 0.481 e. The molecule has 0 saturated heterocycles. The first kappa shape index (κ1) is 16.4. The summed E-state index contributed by atoms with van der Waals surface area (Å²) >= 11 is 12.3. The van der Waals surface area contributed by atoms with Crippen LogP contribution in [0.4, 0.5) is 0 Å². The van der Waals surface area contributed by atoms with Crippen molar-refractivity contribution in [2.24, 2.45) is 5.41 Å². The average molecular weight is 385 g/mol. The van der Waals surface area contributed by atoms with E-state index in [9.17, 15) is 4.79 Å². The van der Waals surface area contributed by atoms with Crippen molar-refractivity contribution in [2.75, 3.05) is 0 Å². The molecule has 5 rings (SSSR count). The van der Waals surface area contributed by atoms with Crippen molar-refractivity contribution in [3.63, 3.8) is 0 Å². The Balaban J connectivity index is 1.76. The van der Waals surface area contributed by atoms with Crippen LogP contribution < -0.4 is 0 Å². The van der Waals surface area contributed by atoms with Gasteiger partial charge in [-0.3, -0.25) is 4.79 Å². The standard InChI is InChI=1S/C22H18Cl2O2/c23-16-8-4-14(5-9-16)22(15-6-10-17(24)11-7-15)21(12-13-21)20-18(25)2-1-3-19(20)26-22/h4-11H,1-3,12-13H2. The second-order valence-corrected chi connectivity index (χ2v) is 8.33. The molecule has 0 bridgehead atoms. The lowest BCUT2D eigenvalue weighted by Crippen LogP contribution is -2.38. The zero-order chi connectivity index (χ0) is 17.9. The maximum atomic E-state index is 12.8. The average Bonchev–Trinajstić information content (AvgIpc) is 3.36. The van der Waals surface area contributed by atoms with E-state index in [0.717, 1.165) is 48.1 Å². The number of carbonyl (C=O) groups is 1. The normalized spacial score (nSPS) is 22.3. The minimum absolute atomic E-state index is 0.258. The van der Waals surface area contributed by atoms with E-state index in [1.807, 2.05) is 48.5 Å². The molecule has 2 aromatic rings. The number of allylic oxidation sites excluding steroid dienone is 1. The topological polar surface area (TPSA) is 26.3 Å². The molecule has 1 saturated carbocycles. The molecule has 1 heterocycles. The number of halogens is 2. The summed E-state index contributed by atoms with van der Waals surface area (Å²) in [5.41, 5.74) is 2.09. The molecule has 0 atom stereocenters. The Morgan fingerprint density at radius 1 is 0.808 bits per heavy atom. The van der Waals surface area contributed by atoms with Crippen molar-refractivity contribution in [2.45, 2.75) is 37.7 Å². The molecule has 132 valence electrons. The number of Topliss-reactive ketones (excluding diaryl/α,β-unsaturated/α-hetero) is 1.